The van der Waals surface area contributed by atoms with Crippen LogP contribution in [0.2, 0.25) is 0 Å². The predicted molar refractivity (Wildman–Crippen MR) is 60.4 cm³/mol. The summed E-state index contributed by atoms with van der Waals surface area (Å²) in [6.07, 6.45) is -0.0406. The summed E-state index contributed by atoms with van der Waals surface area (Å²) in [5.41, 5.74) is 0.404. The third-order valence-electron chi connectivity index (χ3n) is 2.31. The van der Waals surface area contributed by atoms with Gasteiger partial charge in [-0.25, -0.2) is 4.39 Å². The van der Waals surface area contributed by atoms with E-state index in [1.165, 1.54) is 24.3 Å². The molecule has 0 amide bonds. The number of halogens is 1. The van der Waals surface area contributed by atoms with E-state index in [2.05, 4.69) is 5.32 Å². The molecular formula is C12H14FNO3. The van der Waals surface area contributed by atoms with Gasteiger partial charge in [0.05, 0.1) is 12.5 Å². The summed E-state index contributed by atoms with van der Waals surface area (Å²) in [5.74, 6) is -1.50. The molecule has 1 atom stereocenters. The largest absolute Gasteiger partial charge is 0.481 e. The smallest absolute Gasteiger partial charge is 0.304 e. The fourth-order valence-electron chi connectivity index (χ4n) is 1.35. The second-order valence-electron chi connectivity index (χ2n) is 3.69. The van der Waals surface area contributed by atoms with Crippen LogP contribution >= 0.6 is 0 Å². The Balaban J connectivity index is 2.51. The third-order valence-corrected chi connectivity index (χ3v) is 2.31. The summed E-state index contributed by atoms with van der Waals surface area (Å²) in [6, 6.07) is 4.77. The Kier molecular flexibility index (Phi) is 4.78. The van der Waals surface area contributed by atoms with E-state index in [0.29, 0.717) is 5.56 Å². The maximum Gasteiger partial charge on any atom is 0.304 e. The van der Waals surface area contributed by atoms with Gasteiger partial charge in [0.2, 0.25) is 0 Å². The summed E-state index contributed by atoms with van der Waals surface area (Å²) in [4.78, 5) is 22.1. The molecular weight excluding hydrogens is 225 g/mol. The summed E-state index contributed by atoms with van der Waals surface area (Å²) in [6.45, 7) is 1.87. The first kappa shape index (κ1) is 13.3. The Morgan fingerprint density at radius 1 is 1.35 bits per heavy atom. The predicted octanol–water partition coefficient (Wildman–Crippen LogP) is 1.46. The van der Waals surface area contributed by atoms with E-state index in [9.17, 15) is 14.0 Å². The number of carboxylic acids is 1. The molecule has 0 fully saturated rings. The summed E-state index contributed by atoms with van der Waals surface area (Å²) >= 11 is 0. The fourth-order valence-corrected chi connectivity index (χ4v) is 1.35. The van der Waals surface area contributed by atoms with Crippen molar-refractivity contribution in [1.29, 1.82) is 0 Å². The monoisotopic (exact) mass is 239 g/mol. The number of rotatable bonds is 6. The Labute approximate surface area is 98.5 Å². The first-order valence-electron chi connectivity index (χ1n) is 5.25. The zero-order valence-corrected chi connectivity index (χ0v) is 9.44. The van der Waals surface area contributed by atoms with Crippen molar-refractivity contribution in [3.63, 3.8) is 0 Å². The zero-order valence-electron chi connectivity index (χ0n) is 9.44. The molecule has 2 N–H and O–H groups in total. The number of hydrogen-bond acceptors (Lipinski definition) is 3. The van der Waals surface area contributed by atoms with E-state index in [0.717, 1.165) is 0 Å². The van der Waals surface area contributed by atoms with Gasteiger partial charge in [0.25, 0.3) is 0 Å². The molecule has 4 nitrogen and oxygen atoms in total. The molecule has 0 spiro atoms. The van der Waals surface area contributed by atoms with Gasteiger partial charge < -0.3 is 10.4 Å². The Bertz CT molecular complexity index is 403. The molecule has 0 aromatic heterocycles. The van der Waals surface area contributed by atoms with Crippen LogP contribution in [0.5, 0.6) is 0 Å². The second kappa shape index (κ2) is 6.10. The maximum atomic E-state index is 12.7. The number of nitrogens with one attached hydrogen (secondary N) is 1. The average molecular weight is 239 g/mol. The number of carboxylic acid groups (broad SMARTS) is 1. The number of carbonyl (C=O) groups is 2. The van der Waals surface area contributed by atoms with Gasteiger partial charge in [-0.3, -0.25) is 9.59 Å². The number of aliphatic carboxylic acids is 1. The van der Waals surface area contributed by atoms with Crippen LogP contribution in [0.3, 0.4) is 0 Å². The van der Waals surface area contributed by atoms with E-state index < -0.39 is 17.8 Å². The number of Topliss-reactive ketones (excluding diaryl/α,β-unsaturated/α-hetero) is 1. The van der Waals surface area contributed by atoms with Gasteiger partial charge in [-0.2, -0.15) is 0 Å². The van der Waals surface area contributed by atoms with Gasteiger partial charge >= 0.3 is 5.97 Å². The maximum absolute atomic E-state index is 12.7. The van der Waals surface area contributed by atoms with Crippen molar-refractivity contribution >= 4 is 11.8 Å². The fraction of sp³-hybridized carbons (Fsp3) is 0.333. The zero-order chi connectivity index (χ0) is 12.8. The van der Waals surface area contributed by atoms with Gasteiger partial charge in [0.1, 0.15) is 5.82 Å². The van der Waals surface area contributed by atoms with E-state index >= 15 is 0 Å². The van der Waals surface area contributed by atoms with E-state index in [1.807, 2.05) is 0 Å². The van der Waals surface area contributed by atoms with E-state index in [1.54, 1.807) is 6.92 Å². The minimum atomic E-state index is -0.918. The van der Waals surface area contributed by atoms with Crippen LogP contribution in [0, 0.1) is 5.82 Å². The summed E-state index contributed by atoms with van der Waals surface area (Å²) < 4.78 is 12.7. The molecule has 1 aromatic carbocycles. The molecule has 1 unspecified atom stereocenters. The molecule has 0 bridgehead atoms. The molecule has 0 saturated heterocycles. The minimum absolute atomic E-state index is 0.0406. The van der Waals surface area contributed by atoms with Crippen LogP contribution in [0.15, 0.2) is 24.3 Å². The first-order valence-corrected chi connectivity index (χ1v) is 5.25. The molecule has 0 radical (unpaired) electrons. The molecule has 1 aromatic rings. The highest BCUT2D eigenvalue weighted by Gasteiger charge is 2.14. The molecule has 0 aliphatic heterocycles. The van der Waals surface area contributed by atoms with Gasteiger partial charge in [0, 0.05) is 12.1 Å². The molecule has 0 saturated carbocycles. The van der Waals surface area contributed by atoms with Crippen LogP contribution in [-0.4, -0.2) is 29.4 Å². The van der Waals surface area contributed by atoms with Crippen LogP contribution in [0.25, 0.3) is 0 Å². The van der Waals surface area contributed by atoms with Gasteiger partial charge in [-0.05, 0) is 31.2 Å². The molecule has 0 heterocycles. The van der Waals surface area contributed by atoms with Crippen LogP contribution in [0.1, 0.15) is 23.7 Å². The third kappa shape index (κ3) is 4.32. The highest BCUT2D eigenvalue weighted by molar-refractivity contribution is 5.99. The number of benzene rings is 1. The van der Waals surface area contributed by atoms with Crippen molar-refractivity contribution in [3.8, 4) is 0 Å². The first-order chi connectivity index (χ1) is 8.00. The van der Waals surface area contributed by atoms with Crippen molar-refractivity contribution in [2.45, 2.75) is 19.4 Å². The van der Waals surface area contributed by atoms with Gasteiger partial charge in [-0.15, -0.1) is 0 Å². The number of carbonyl (C=O) groups excluding carboxylic acids is 1. The topological polar surface area (TPSA) is 66.4 Å². The highest BCUT2D eigenvalue weighted by Crippen LogP contribution is 2.06. The normalized spacial score (nSPS) is 12.1. The van der Waals surface area contributed by atoms with Crippen LogP contribution in [-0.2, 0) is 4.79 Å². The Hall–Kier alpha value is -1.75. The quantitative estimate of drug-likeness (QED) is 0.737. The standard InChI is InChI=1S/C12H14FNO3/c1-8(14-7-6-11(15)16)12(17)9-2-4-10(13)5-3-9/h2-5,8,14H,6-7H2,1H3,(H,15,16). The van der Waals surface area contributed by atoms with Crippen molar-refractivity contribution in [2.75, 3.05) is 6.54 Å². The second-order valence-corrected chi connectivity index (χ2v) is 3.69. The summed E-state index contributed by atoms with van der Waals surface area (Å²) in [5, 5.41) is 11.2. The lowest BCUT2D eigenvalue weighted by atomic mass is 10.1. The van der Waals surface area contributed by atoms with Crippen molar-refractivity contribution in [2.24, 2.45) is 0 Å². The molecule has 0 aliphatic rings. The van der Waals surface area contributed by atoms with Gasteiger partial charge in [-0.1, -0.05) is 0 Å². The molecule has 1 rings (SSSR count). The van der Waals surface area contributed by atoms with Crippen molar-refractivity contribution in [1.82, 2.24) is 5.32 Å². The average Bonchev–Trinajstić information content (AvgIpc) is 2.28. The molecule has 17 heavy (non-hydrogen) atoms. The van der Waals surface area contributed by atoms with Crippen LogP contribution < -0.4 is 5.32 Å². The van der Waals surface area contributed by atoms with E-state index in [-0.39, 0.29) is 18.7 Å². The number of ketones is 1. The Morgan fingerprint density at radius 3 is 2.47 bits per heavy atom. The molecule has 5 heteroatoms. The summed E-state index contributed by atoms with van der Waals surface area (Å²) in [7, 11) is 0. The van der Waals surface area contributed by atoms with Crippen molar-refractivity contribution in [3.05, 3.63) is 35.6 Å². The SMILES string of the molecule is CC(NCCC(=O)O)C(=O)c1ccc(F)cc1. The van der Waals surface area contributed by atoms with E-state index in [4.69, 9.17) is 5.11 Å². The molecule has 0 aliphatic carbocycles. The van der Waals surface area contributed by atoms with Crippen LogP contribution in [0.4, 0.5) is 4.39 Å². The number of hydrogen-bond donors (Lipinski definition) is 2. The lowest BCUT2D eigenvalue weighted by Gasteiger charge is -2.11. The highest BCUT2D eigenvalue weighted by atomic mass is 19.1. The van der Waals surface area contributed by atoms with Crippen molar-refractivity contribution < 1.29 is 19.1 Å². The minimum Gasteiger partial charge on any atom is -0.481 e. The van der Waals surface area contributed by atoms with Gasteiger partial charge in [0.15, 0.2) is 5.78 Å². The lowest BCUT2D eigenvalue weighted by molar-refractivity contribution is -0.136. The molecule has 92 valence electrons. The Morgan fingerprint density at radius 2 is 1.94 bits per heavy atom. The lowest BCUT2D eigenvalue weighted by Crippen LogP contribution is -2.35.